The fourth-order valence-electron chi connectivity index (χ4n) is 3.07. The number of hydrogen-bond acceptors (Lipinski definition) is 8. The molecule has 0 spiro atoms. The highest BCUT2D eigenvalue weighted by Crippen LogP contribution is 2.36. The molecule has 9 nitrogen and oxygen atoms in total. The molecular weight excluding hydrogens is 358 g/mol. The summed E-state index contributed by atoms with van der Waals surface area (Å²) in [6, 6.07) is 3.73. The SMILES string of the molecule is COc1cc2ncnc(N3CC(CCNCS(N)(=O)=O)C3)c2cc1OC. The molecule has 1 aliphatic heterocycles. The maximum atomic E-state index is 10.9. The van der Waals surface area contributed by atoms with Crippen LogP contribution in [0.15, 0.2) is 18.5 Å². The summed E-state index contributed by atoms with van der Waals surface area (Å²) >= 11 is 0. The first-order chi connectivity index (χ1) is 12.4. The van der Waals surface area contributed by atoms with E-state index in [9.17, 15) is 8.42 Å². The maximum absolute atomic E-state index is 10.9. The molecule has 0 saturated carbocycles. The summed E-state index contributed by atoms with van der Waals surface area (Å²) in [7, 11) is -0.270. The lowest BCUT2D eigenvalue weighted by Crippen LogP contribution is -2.48. The topological polar surface area (TPSA) is 120 Å². The molecule has 1 aromatic carbocycles. The highest BCUT2D eigenvalue weighted by molar-refractivity contribution is 7.89. The van der Waals surface area contributed by atoms with Gasteiger partial charge in [-0.25, -0.2) is 23.5 Å². The van der Waals surface area contributed by atoms with Crippen molar-refractivity contribution in [3.8, 4) is 11.5 Å². The van der Waals surface area contributed by atoms with Gasteiger partial charge in [0.1, 0.15) is 18.0 Å². The molecule has 3 N–H and O–H groups in total. The van der Waals surface area contributed by atoms with E-state index in [0.717, 1.165) is 36.2 Å². The highest BCUT2D eigenvalue weighted by Gasteiger charge is 2.29. The summed E-state index contributed by atoms with van der Waals surface area (Å²) in [4.78, 5) is 10.9. The van der Waals surface area contributed by atoms with Crippen LogP contribution in [0.3, 0.4) is 0 Å². The molecule has 26 heavy (non-hydrogen) atoms. The molecule has 0 aliphatic carbocycles. The molecule has 0 radical (unpaired) electrons. The molecule has 0 atom stereocenters. The monoisotopic (exact) mass is 381 g/mol. The zero-order valence-electron chi connectivity index (χ0n) is 14.8. The van der Waals surface area contributed by atoms with Crippen molar-refractivity contribution < 1.29 is 17.9 Å². The molecule has 2 heterocycles. The minimum Gasteiger partial charge on any atom is -0.493 e. The molecule has 0 bridgehead atoms. The fraction of sp³-hybridized carbons (Fsp3) is 0.500. The molecule has 1 aliphatic rings. The second-order valence-corrected chi connectivity index (χ2v) is 7.90. The van der Waals surface area contributed by atoms with Crippen molar-refractivity contribution in [2.24, 2.45) is 11.1 Å². The number of methoxy groups -OCH3 is 2. The Hall–Kier alpha value is -2.17. The molecule has 10 heteroatoms. The van der Waals surface area contributed by atoms with Gasteiger partial charge in [-0.3, -0.25) is 0 Å². The standard InChI is InChI=1S/C16H23N5O4S/c1-24-14-5-12-13(6-15(14)25-2)19-9-20-16(12)21-7-11(8-21)3-4-18-10-26(17,22)23/h5-6,9,11,18H,3-4,7-8,10H2,1-2H3,(H2,17,22,23). The van der Waals surface area contributed by atoms with Crippen molar-refractivity contribution in [1.82, 2.24) is 15.3 Å². The number of primary sulfonamides is 1. The number of fused-ring (bicyclic) bond motifs is 1. The minimum absolute atomic E-state index is 0.193. The number of sulfonamides is 1. The molecule has 0 unspecified atom stereocenters. The van der Waals surface area contributed by atoms with Gasteiger partial charge in [0.2, 0.25) is 10.0 Å². The van der Waals surface area contributed by atoms with Crippen molar-refractivity contribution >= 4 is 26.7 Å². The summed E-state index contributed by atoms with van der Waals surface area (Å²) in [5.41, 5.74) is 0.797. The third-order valence-electron chi connectivity index (χ3n) is 4.41. The van der Waals surface area contributed by atoms with Gasteiger partial charge in [0.05, 0.1) is 19.7 Å². The second-order valence-electron chi connectivity index (χ2n) is 6.29. The molecule has 0 amide bonds. The normalized spacial score (nSPS) is 15.1. The van der Waals surface area contributed by atoms with E-state index in [1.54, 1.807) is 20.5 Å². The third kappa shape index (κ3) is 4.14. The Morgan fingerprint density at radius 3 is 2.58 bits per heavy atom. The van der Waals surface area contributed by atoms with Crippen molar-refractivity contribution in [2.45, 2.75) is 6.42 Å². The molecule has 1 fully saturated rings. The van der Waals surface area contributed by atoms with Gasteiger partial charge < -0.3 is 19.7 Å². The maximum Gasteiger partial charge on any atom is 0.222 e. The van der Waals surface area contributed by atoms with Crippen LogP contribution in [0, 0.1) is 5.92 Å². The van der Waals surface area contributed by atoms with Crippen LogP contribution < -0.4 is 24.8 Å². The van der Waals surface area contributed by atoms with E-state index in [1.807, 2.05) is 12.1 Å². The van der Waals surface area contributed by atoms with Crippen LogP contribution in [-0.2, 0) is 10.0 Å². The average molecular weight is 381 g/mol. The summed E-state index contributed by atoms with van der Waals surface area (Å²) in [5.74, 6) is 2.42. The number of nitrogens with two attached hydrogens (primary N) is 1. The first-order valence-electron chi connectivity index (χ1n) is 8.24. The number of hydrogen-bond donors (Lipinski definition) is 2. The summed E-state index contributed by atoms with van der Waals surface area (Å²) in [6.07, 6.45) is 2.43. The van der Waals surface area contributed by atoms with E-state index in [-0.39, 0.29) is 5.88 Å². The number of anilines is 1. The number of rotatable bonds is 8. The Morgan fingerprint density at radius 2 is 1.92 bits per heavy atom. The van der Waals surface area contributed by atoms with E-state index >= 15 is 0 Å². The number of aromatic nitrogens is 2. The largest absolute Gasteiger partial charge is 0.493 e. The van der Waals surface area contributed by atoms with Crippen molar-refractivity contribution in [2.75, 3.05) is 44.6 Å². The van der Waals surface area contributed by atoms with Crippen LogP contribution in [-0.4, -0.2) is 58.1 Å². The number of benzene rings is 1. The summed E-state index contributed by atoms with van der Waals surface area (Å²) in [5, 5.41) is 8.72. The van der Waals surface area contributed by atoms with E-state index in [0.29, 0.717) is 24.0 Å². The summed E-state index contributed by atoms with van der Waals surface area (Å²) in [6.45, 7) is 2.33. The van der Waals surface area contributed by atoms with Crippen molar-refractivity contribution in [3.05, 3.63) is 18.5 Å². The van der Waals surface area contributed by atoms with E-state index in [4.69, 9.17) is 14.6 Å². The fourth-order valence-corrected chi connectivity index (χ4v) is 3.50. The van der Waals surface area contributed by atoms with Crippen LogP contribution in [0.25, 0.3) is 10.9 Å². The molecule has 2 aromatic rings. The Labute approximate surface area is 152 Å². The van der Waals surface area contributed by atoms with Gasteiger partial charge in [-0.15, -0.1) is 0 Å². The van der Waals surface area contributed by atoms with Gasteiger partial charge in [-0.2, -0.15) is 0 Å². The smallest absolute Gasteiger partial charge is 0.222 e. The highest BCUT2D eigenvalue weighted by atomic mass is 32.2. The van der Waals surface area contributed by atoms with Gasteiger partial charge in [0.25, 0.3) is 0 Å². The van der Waals surface area contributed by atoms with Gasteiger partial charge in [-0.05, 0) is 24.9 Å². The zero-order valence-corrected chi connectivity index (χ0v) is 15.6. The first kappa shape index (κ1) is 18.6. The molecular formula is C16H23N5O4S. The number of ether oxygens (including phenoxy) is 2. The van der Waals surface area contributed by atoms with E-state index in [1.165, 1.54) is 0 Å². The van der Waals surface area contributed by atoms with Crippen LogP contribution in [0.2, 0.25) is 0 Å². The number of nitrogens with zero attached hydrogens (tertiary/aromatic N) is 3. The van der Waals surface area contributed by atoms with Crippen LogP contribution in [0.5, 0.6) is 11.5 Å². The predicted molar refractivity (Wildman–Crippen MR) is 98.9 cm³/mol. The van der Waals surface area contributed by atoms with Gasteiger partial charge in [0, 0.05) is 24.5 Å². The first-order valence-corrected chi connectivity index (χ1v) is 9.95. The van der Waals surface area contributed by atoms with Crippen molar-refractivity contribution in [1.29, 1.82) is 0 Å². The molecule has 3 rings (SSSR count). The van der Waals surface area contributed by atoms with E-state index in [2.05, 4.69) is 20.2 Å². The lowest BCUT2D eigenvalue weighted by molar-refractivity contribution is 0.355. The Balaban J connectivity index is 1.65. The Kier molecular flexibility index (Phi) is 5.44. The third-order valence-corrected chi connectivity index (χ3v) is 5.02. The lowest BCUT2D eigenvalue weighted by Gasteiger charge is -2.40. The average Bonchev–Trinajstić information content (AvgIpc) is 2.57. The van der Waals surface area contributed by atoms with Crippen molar-refractivity contribution in [3.63, 3.8) is 0 Å². The van der Waals surface area contributed by atoms with Crippen LogP contribution in [0.1, 0.15) is 6.42 Å². The molecule has 1 aromatic heterocycles. The second kappa shape index (κ2) is 7.60. The van der Waals surface area contributed by atoms with Gasteiger partial charge in [-0.1, -0.05) is 0 Å². The Bertz CT molecular complexity index is 884. The van der Waals surface area contributed by atoms with Gasteiger partial charge in [0.15, 0.2) is 11.5 Å². The zero-order chi connectivity index (χ0) is 18.7. The molecule has 142 valence electrons. The quantitative estimate of drug-likeness (QED) is 0.627. The predicted octanol–water partition coefficient (Wildman–Crippen LogP) is 0.309. The van der Waals surface area contributed by atoms with E-state index < -0.39 is 10.0 Å². The minimum atomic E-state index is -3.46. The Morgan fingerprint density at radius 1 is 1.23 bits per heavy atom. The lowest BCUT2D eigenvalue weighted by atomic mass is 9.96. The van der Waals surface area contributed by atoms with Crippen LogP contribution >= 0.6 is 0 Å². The molecule has 1 saturated heterocycles. The number of nitrogens with one attached hydrogen (secondary N) is 1. The van der Waals surface area contributed by atoms with Gasteiger partial charge >= 0.3 is 0 Å². The van der Waals surface area contributed by atoms with Crippen LogP contribution in [0.4, 0.5) is 5.82 Å². The summed E-state index contributed by atoms with van der Waals surface area (Å²) < 4.78 is 32.5.